The van der Waals surface area contributed by atoms with Gasteiger partial charge in [0, 0.05) is 10.0 Å². The molecule has 0 saturated carbocycles. The van der Waals surface area contributed by atoms with Gasteiger partial charge < -0.3 is 14.6 Å². The lowest BCUT2D eigenvalue weighted by Gasteiger charge is -2.11. The molecule has 0 bridgehead atoms. The van der Waals surface area contributed by atoms with Crippen LogP contribution in [0.15, 0.2) is 57.0 Å². The van der Waals surface area contributed by atoms with Crippen LogP contribution in [0.3, 0.4) is 0 Å². The number of halogens is 2. The summed E-state index contributed by atoms with van der Waals surface area (Å²) in [5, 5.41) is 13.8. The molecule has 0 aliphatic carbocycles. The van der Waals surface area contributed by atoms with Crippen molar-refractivity contribution >= 4 is 44.0 Å². The lowest BCUT2D eigenvalue weighted by Crippen LogP contribution is -2.24. The molecular weight excluding hydrogens is 480 g/mol. The molecule has 2 N–H and O–H groups in total. The molecule has 8 heteroatoms. The number of ether oxygens (including phenoxy) is 2. The number of aromatic hydroxyl groups is 1. The first-order valence-corrected chi connectivity index (χ1v) is 9.43. The number of carbonyl (C=O) groups is 1. The molecule has 0 unspecified atom stereocenters. The second-order valence-corrected chi connectivity index (χ2v) is 7.16. The topological polar surface area (TPSA) is 80.2 Å². The molecule has 142 valence electrons. The molecule has 2 aromatic rings. The van der Waals surface area contributed by atoms with E-state index in [4.69, 9.17) is 9.47 Å². The highest BCUT2D eigenvalue weighted by atomic mass is 79.9. The van der Waals surface area contributed by atoms with Gasteiger partial charge in [-0.1, -0.05) is 28.1 Å². The zero-order valence-electron chi connectivity index (χ0n) is 14.5. The molecule has 0 heterocycles. The number of rotatable bonds is 8. The van der Waals surface area contributed by atoms with Gasteiger partial charge in [-0.2, -0.15) is 5.10 Å². The summed E-state index contributed by atoms with van der Waals surface area (Å²) < 4.78 is 12.0. The number of hydrogen-bond acceptors (Lipinski definition) is 5. The third kappa shape index (κ3) is 6.11. The summed E-state index contributed by atoms with van der Waals surface area (Å²) in [6, 6.07) is 8.82. The number of nitrogens with one attached hydrogen (secondary N) is 1. The van der Waals surface area contributed by atoms with Gasteiger partial charge in [-0.05, 0) is 52.2 Å². The van der Waals surface area contributed by atoms with Crippen molar-refractivity contribution in [1.29, 1.82) is 0 Å². The third-order valence-corrected chi connectivity index (χ3v) is 4.48. The van der Waals surface area contributed by atoms with Crippen molar-refractivity contribution in [2.75, 3.05) is 13.7 Å². The number of amides is 1. The minimum Gasteiger partial charge on any atom is -0.506 e. The van der Waals surface area contributed by atoms with Gasteiger partial charge in [0.05, 0.1) is 17.8 Å². The van der Waals surface area contributed by atoms with Crippen LogP contribution in [0, 0.1) is 0 Å². The van der Waals surface area contributed by atoms with Gasteiger partial charge in [-0.15, -0.1) is 6.58 Å². The normalized spacial score (nSPS) is 10.6. The Bertz CT molecular complexity index is 869. The van der Waals surface area contributed by atoms with Crippen LogP contribution in [0.5, 0.6) is 17.2 Å². The Morgan fingerprint density at radius 3 is 2.78 bits per heavy atom. The highest BCUT2D eigenvalue weighted by Gasteiger charge is 2.09. The van der Waals surface area contributed by atoms with Crippen molar-refractivity contribution < 1.29 is 19.4 Å². The van der Waals surface area contributed by atoms with Crippen LogP contribution in [-0.4, -0.2) is 30.9 Å². The van der Waals surface area contributed by atoms with Crippen molar-refractivity contribution in [3.8, 4) is 17.2 Å². The van der Waals surface area contributed by atoms with Crippen molar-refractivity contribution in [3.63, 3.8) is 0 Å². The van der Waals surface area contributed by atoms with E-state index in [0.717, 1.165) is 10.0 Å². The number of allylic oxidation sites excluding steroid dienone is 1. The molecule has 2 aromatic carbocycles. The number of phenolic OH excluding ortho intramolecular Hbond substituents is 1. The summed E-state index contributed by atoms with van der Waals surface area (Å²) >= 11 is 6.55. The maximum Gasteiger partial charge on any atom is 0.277 e. The molecule has 0 aliphatic heterocycles. The molecule has 0 atom stereocenters. The van der Waals surface area contributed by atoms with Crippen LogP contribution in [0.4, 0.5) is 0 Å². The Kier molecular flexibility index (Phi) is 7.87. The Labute approximate surface area is 174 Å². The monoisotopic (exact) mass is 496 g/mol. The van der Waals surface area contributed by atoms with E-state index in [2.05, 4.69) is 49.0 Å². The average Bonchev–Trinajstić information content (AvgIpc) is 2.64. The SMILES string of the molecule is C=CCc1ccc(OCC(=O)N/N=C\c2cc(Br)cc(Br)c2O)c(OC)c1. The quantitative estimate of drug-likeness (QED) is 0.325. The Balaban J connectivity index is 1.94. The van der Waals surface area contributed by atoms with Gasteiger partial charge in [-0.25, -0.2) is 5.43 Å². The van der Waals surface area contributed by atoms with Crippen LogP contribution in [0.1, 0.15) is 11.1 Å². The molecule has 0 radical (unpaired) electrons. The molecule has 1 amide bonds. The zero-order chi connectivity index (χ0) is 19.8. The number of hydrazone groups is 1. The number of hydrogen-bond donors (Lipinski definition) is 2. The van der Waals surface area contributed by atoms with E-state index in [1.807, 2.05) is 12.1 Å². The van der Waals surface area contributed by atoms with E-state index in [1.54, 1.807) is 24.3 Å². The first-order valence-electron chi connectivity index (χ1n) is 7.85. The molecular formula is C19H18Br2N2O4. The van der Waals surface area contributed by atoms with Crippen LogP contribution >= 0.6 is 31.9 Å². The summed E-state index contributed by atoms with van der Waals surface area (Å²) in [6.07, 6.45) is 3.85. The van der Waals surface area contributed by atoms with Gasteiger partial charge in [0.1, 0.15) is 5.75 Å². The predicted molar refractivity (Wildman–Crippen MR) is 112 cm³/mol. The first kappa shape index (κ1) is 21.0. The van der Waals surface area contributed by atoms with Crippen molar-refractivity contribution in [2.45, 2.75) is 6.42 Å². The number of methoxy groups -OCH3 is 1. The standard InChI is InChI=1S/C19H18Br2N2O4/c1-3-4-12-5-6-16(17(7-12)26-2)27-11-18(24)23-22-10-13-8-14(20)9-15(21)19(13)25/h3,5-10,25H,1,4,11H2,2H3,(H,23,24)/b22-10-. The summed E-state index contributed by atoms with van der Waals surface area (Å²) in [4.78, 5) is 11.9. The van der Waals surface area contributed by atoms with Gasteiger partial charge >= 0.3 is 0 Å². The highest BCUT2D eigenvalue weighted by Crippen LogP contribution is 2.30. The lowest BCUT2D eigenvalue weighted by molar-refractivity contribution is -0.123. The van der Waals surface area contributed by atoms with E-state index < -0.39 is 5.91 Å². The predicted octanol–water partition coefficient (Wildman–Crippen LogP) is 4.18. The number of nitrogens with zero attached hydrogens (tertiary/aromatic N) is 1. The minimum atomic E-state index is -0.447. The molecule has 0 spiro atoms. The van der Waals surface area contributed by atoms with Gasteiger partial charge in [0.25, 0.3) is 5.91 Å². The Hall–Kier alpha value is -2.32. The van der Waals surface area contributed by atoms with E-state index >= 15 is 0 Å². The molecule has 0 aliphatic rings. The molecule has 2 rings (SSSR count). The summed E-state index contributed by atoms with van der Waals surface area (Å²) in [5.41, 5.74) is 3.82. The summed E-state index contributed by atoms with van der Waals surface area (Å²) in [7, 11) is 1.53. The third-order valence-electron chi connectivity index (χ3n) is 3.42. The van der Waals surface area contributed by atoms with Gasteiger partial charge in [0.15, 0.2) is 18.1 Å². The molecule has 0 fully saturated rings. The summed E-state index contributed by atoms with van der Waals surface area (Å²) in [6.45, 7) is 3.47. The van der Waals surface area contributed by atoms with Crippen LogP contribution in [-0.2, 0) is 11.2 Å². The molecule has 0 saturated heterocycles. The maximum absolute atomic E-state index is 11.9. The van der Waals surface area contributed by atoms with E-state index in [-0.39, 0.29) is 12.4 Å². The van der Waals surface area contributed by atoms with Gasteiger partial charge in [0.2, 0.25) is 0 Å². The van der Waals surface area contributed by atoms with E-state index in [0.29, 0.717) is 28.0 Å². The smallest absolute Gasteiger partial charge is 0.277 e. The first-order chi connectivity index (χ1) is 12.9. The molecule has 27 heavy (non-hydrogen) atoms. The van der Waals surface area contributed by atoms with Crippen molar-refractivity contribution in [3.05, 3.63) is 63.1 Å². The fourth-order valence-electron chi connectivity index (χ4n) is 2.16. The second-order valence-electron chi connectivity index (χ2n) is 5.39. The minimum absolute atomic E-state index is 0.0248. The number of carbonyl (C=O) groups excluding carboxylic acids is 1. The zero-order valence-corrected chi connectivity index (χ0v) is 17.7. The lowest BCUT2D eigenvalue weighted by atomic mass is 10.1. The number of phenols is 1. The highest BCUT2D eigenvalue weighted by molar-refractivity contribution is 9.11. The second kappa shape index (κ2) is 10.1. The molecule has 0 aromatic heterocycles. The van der Waals surface area contributed by atoms with Crippen LogP contribution in [0.25, 0.3) is 0 Å². The van der Waals surface area contributed by atoms with Crippen LogP contribution in [0.2, 0.25) is 0 Å². The Morgan fingerprint density at radius 2 is 2.07 bits per heavy atom. The maximum atomic E-state index is 11.9. The Morgan fingerprint density at radius 1 is 1.30 bits per heavy atom. The number of benzene rings is 2. The van der Waals surface area contributed by atoms with E-state index in [1.165, 1.54) is 13.3 Å². The largest absolute Gasteiger partial charge is 0.506 e. The van der Waals surface area contributed by atoms with E-state index in [9.17, 15) is 9.90 Å². The van der Waals surface area contributed by atoms with Crippen molar-refractivity contribution in [2.24, 2.45) is 5.10 Å². The summed E-state index contributed by atoms with van der Waals surface area (Å²) in [5.74, 6) is 0.571. The fourth-order valence-corrected chi connectivity index (χ4v) is 3.42. The average molecular weight is 498 g/mol. The van der Waals surface area contributed by atoms with Crippen molar-refractivity contribution in [1.82, 2.24) is 5.43 Å². The fraction of sp³-hybridized carbons (Fsp3) is 0.158. The van der Waals surface area contributed by atoms with Crippen LogP contribution < -0.4 is 14.9 Å². The molecule has 6 nitrogen and oxygen atoms in total. The van der Waals surface area contributed by atoms with Gasteiger partial charge in [-0.3, -0.25) is 4.79 Å².